The third-order valence-corrected chi connectivity index (χ3v) is 7.10. The smallest absolute Gasteiger partial charge is 0.343 e. The standard InChI is InChI=1S/C39H33NO4/c1-28-8-4-5-10-36(28)31-16-18-33(19-17-31)37(32-14-11-30(12-15-32)13-20-34-9-6-7-24-40-34)23-25-43-35-21-22-38(29(2)26-35)44-27-39(41)42-3/h4-12,14-19,21-24,26H,25,27H2,1-3H3/b37-23-. The topological polar surface area (TPSA) is 57.7 Å². The summed E-state index contributed by atoms with van der Waals surface area (Å²) in [5.41, 5.74) is 9.35. The maximum Gasteiger partial charge on any atom is 0.343 e. The highest BCUT2D eigenvalue weighted by Gasteiger charge is 2.09. The van der Waals surface area contributed by atoms with E-state index in [2.05, 4.69) is 95.2 Å². The summed E-state index contributed by atoms with van der Waals surface area (Å²) in [6, 6.07) is 36.5. The average Bonchev–Trinajstić information content (AvgIpc) is 3.06. The molecule has 0 spiro atoms. The molecule has 0 aliphatic heterocycles. The fourth-order valence-electron chi connectivity index (χ4n) is 4.72. The molecule has 0 saturated heterocycles. The van der Waals surface area contributed by atoms with E-state index in [0.29, 0.717) is 18.1 Å². The Kier molecular flexibility index (Phi) is 9.87. The molecule has 0 fully saturated rings. The Morgan fingerprint density at radius 1 is 0.773 bits per heavy atom. The molecule has 0 saturated carbocycles. The van der Waals surface area contributed by atoms with Gasteiger partial charge in [0.05, 0.1) is 7.11 Å². The summed E-state index contributed by atoms with van der Waals surface area (Å²) in [5, 5.41) is 0. The molecule has 1 heterocycles. The maximum absolute atomic E-state index is 11.4. The average molecular weight is 580 g/mol. The third-order valence-electron chi connectivity index (χ3n) is 7.10. The molecule has 0 radical (unpaired) electrons. The van der Waals surface area contributed by atoms with Crippen molar-refractivity contribution >= 4 is 11.5 Å². The molecule has 0 N–H and O–H groups in total. The number of rotatable bonds is 9. The lowest BCUT2D eigenvalue weighted by Crippen LogP contribution is -2.13. The zero-order valence-corrected chi connectivity index (χ0v) is 25.0. The van der Waals surface area contributed by atoms with Crippen LogP contribution in [0.15, 0.2) is 121 Å². The number of aryl methyl sites for hydroxylation is 2. The Labute approximate surface area is 258 Å². The van der Waals surface area contributed by atoms with Gasteiger partial charge in [0.2, 0.25) is 0 Å². The summed E-state index contributed by atoms with van der Waals surface area (Å²) in [6.45, 7) is 4.26. The van der Waals surface area contributed by atoms with E-state index < -0.39 is 5.97 Å². The quantitative estimate of drug-likeness (QED) is 0.132. The largest absolute Gasteiger partial charge is 0.489 e. The van der Waals surface area contributed by atoms with Crippen LogP contribution in [0.2, 0.25) is 0 Å². The van der Waals surface area contributed by atoms with Crippen LogP contribution in [-0.4, -0.2) is 31.3 Å². The van der Waals surface area contributed by atoms with Crippen molar-refractivity contribution in [1.82, 2.24) is 4.98 Å². The fraction of sp³-hybridized carbons (Fsp3) is 0.128. The van der Waals surface area contributed by atoms with Crippen molar-refractivity contribution in [3.8, 4) is 34.5 Å². The van der Waals surface area contributed by atoms with Crippen molar-refractivity contribution in [3.63, 3.8) is 0 Å². The second-order valence-electron chi connectivity index (χ2n) is 10.2. The van der Waals surface area contributed by atoms with E-state index in [-0.39, 0.29) is 6.61 Å². The molecule has 4 aromatic carbocycles. The van der Waals surface area contributed by atoms with E-state index in [1.54, 1.807) is 12.3 Å². The zero-order chi connectivity index (χ0) is 30.7. The monoisotopic (exact) mass is 579 g/mol. The lowest BCUT2D eigenvalue weighted by Gasteiger charge is -2.13. The van der Waals surface area contributed by atoms with Crippen molar-refractivity contribution in [3.05, 3.63) is 155 Å². The molecule has 0 amide bonds. The SMILES string of the molecule is COC(=O)COc1ccc(OC/C=C(/c2ccc(C#Cc3ccccn3)cc2)c2ccc(-c3ccccc3C)cc2)cc1C. The van der Waals surface area contributed by atoms with E-state index in [0.717, 1.165) is 33.5 Å². The number of benzene rings is 4. The minimum atomic E-state index is -0.428. The first-order valence-corrected chi connectivity index (χ1v) is 14.3. The first-order valence-electron chi connectivity index (χ1n) is 14.3. The number of nitrogens with zero attached hydrogens (tertiary/aromatic N) is 1. The molecular formula is C39H33NO4. The van der Waals surface area contributed by atoms with Crippen LogP contribution >= 0.6 is 0 Å². The van der Waals surface area contributed by atoms with Gasteiger partial charge >= 0.3 is 5.97 Å². The van der Waals surface area contributed by atoms with Crippen molar-refractivity contribution in [2.75, 3.05) is 20.3 Å². The second kappa shape index (κ2) is 14.5. The summed E-state index contributed by atoms with van der Waals surface area (Å²) >= 11 is 0. The lowest BCUT2D eigenvalue weighted by atomic mass is 9.94. The Morgan fingerprint density at radius 3 is 2.18 bits per heavy atom. The Hall–Kier alpha value is -5.60. The first-order chi connectivity index (χ1) is 21.5. The van der Waals surface area contributed by atoms with Crippen molar-refractivity contribution in [2.45, 2.75) is 13.8 Å². The van der Waals surface area contributed by atoms with Gasteiger partial charge in [0.15, 0.2) is 6.61 Å². The van der Waals surface area contributed by atoms with Crippen LogP contribution in [-0.2, 0) is 9.53 Å². The summed E-state index contributed by atoms with van der Waals surface area (Å²) in [5.74, 6) is 7.20. The van der Waals surface area contributed by atoms with E-state index in [1.165, 1.54) is 23.8 Å². The maximum atomic E-state index is 11.4. The van der Waals surface area contributed by atoms with Gasteiger partial charge in [-0.15, -0.1) is 0 Å². The molecule has 44 heavy (non-hydrogen) atoms. The molecule has 218 valence electrons. The van der Waals surface area contributed by atoms with Crippen LogP contribution in [0.1, 0.15) is 33.5 Å². The number of carbonyl (C=O) groups is 1. The van der Waals surface area contributed by atoms with Gasteiger partial charge in [0, 0.05) is 11.8 Å². The first kappa shape index (κ1) is 29.9. The highest BCUT2D eigenvalue weighted by atomic mass is 16.6. The Balaban J connectivity index is 1.38. The van der Waals surface area contributed by atoms with Crippen LogP contribution in [0, 0.1) is 25.7 Å². The van der Waals surface area contributed by atoms with E-state index >= 15 is 0 Å². The van der Waals surface area contributed by atoms with E-state index in [1.807, 2.05) is 49.4 Å². The van der Waals surface area contributed by atoms with Crippen LogP contribution in [0.3, 0.4) is 0 Å². The molecule has 0 aliphatic carbocycles. The highest BCUT2D eigenvalue weighted by molar-refractivity contribution is 5.81. The fourth-order valence-corrected chi connectivity index (χ4v) is 4.72. The zero-order valence-electron chi connectivity index (χ0n) is 25.0. The van der Waals surface area contributed by atoms with E-state index in [4.69, 9.17) is 9.47 Å². The molecule has 0 aliphatic rings. The molecule has 0 bridgehead atoms. The molecular weight excluding hydrogens is 546 g/mol. The summed E-state index contributed by atoms with van der Waals surface area (Å²) < 4.78 is 16.3. The van der Waals surface area contributed by atoms with Gasteiger partial charge in [0.1, 0.15) is 23.8 Å². The van der Waals surface area contributed by atoms with Gasteiger partial charge in [-0.05, 0) is 107 Å². The van der Waals surface area contributed by atoms with Gasteiger partial charge in [-0.2, -0.15) is 0 Å². The minimum Gasteiger partial charge on any atom is -0.489 e. The predicted molar refractivity (Wildman–Crippen MR) is 175 cm³/mol. The molecule has 5 nitrogen and oxygen atoms in total. The summed E-state index contributed by atoms with van der Waals surface area (Å²) in [4.78, 5) is 15.7. The Bertz CT molecular complexity index is 1810. The molecule has 5 rings (SSSR count). The Morgan fingerprint density at radius 2 is 1.50 bits per heavy atom. The van der Waals surface area contributed by atoms with Crippen LogP contribution in [0.4, 0.5) is 0 Å². The molecule has 5 aromatic rings. The number of methoxy groups -OCH3 is 1. The van der Waals surface area contributed by atoms with E-state index in [9.17, 15) is 4.79 Å². The summed E-state index contributed by atoms with van der Waals surface area (Å²) in [7, 11) is 1.34. The number of pyridine rings is 1. The van der Waals surface area contributed by atoms with Crippen molar-refractivity contribution in [1.29, 1.82) is 0 Å². The van der Waals surface area contributed by atoms with Gasteiger partial charge in [0.25, 0.3) is 0 Å². The number of hydrogen-bond donors (Lipinski definition) is 0. The molecule has 0 unspecified atom stereocenters. The van der Waals surface area contributed by atoms with Gasteiger partial charge < -0.3 is 14.2 Å². The summed E-state index contributed by atoms with van der Waals surface area (Å²) in [6.07, 6.45) is 3.83. The number of aromatic nitrogens is 1. The minimum absolute atomic E-state index is 0.139. The third kappa shape index (κ3) is 7.81. The molecule has 1 aromatic heterocycles. The molecule has 0 atom stereocenters. The van der Waals surface area contributed by atoms with Crippen molar-refractivity contribution < 1.29 is 19.0 Å². The van der Waals surface area contributed by atoms with Crippen LogP contribution in [0.25, 0.3) is 16.7 Å². The predicted octanol–water partition coefficient (Wildman–Crippen LogP) is 7.83. The van der Waals surface area contributed by atoms with Gasteiger partial charge in [-0.1, -0.05) is 72.7 Å². The number of ether oxygens (including phenoxy) is 3. The lowest BCUT2D eigenvalue weighted by molar-refractivity contribution is -0.142. The molecule has 5 heteroatoms. The van der Waals surface area contributed by atoms with Crippen molar-refractivity contribution in [2.24, 2.45) is 0 Å². The van der Waals surface area contributed by atoms with Gasteiger partial charge in [-0.3, -0.25) is 0 Å². The van der Waals surface area contributed by atoms with Crippen LogP contribution < -0.4 is 9.47 Å². The second-order valence-corrected chi connectivity index (χ2v) is 10.2. The normalized spacial score (nSPS) is 10.8. The number of carbonyl (C=O) groups excluding carboxylic acids is 1. The van der Waals surface area contributed by atoms with Crippen LogP contribution in [0.5, 0.6) is 11.5 Å². The number of esters is 1. The van der Waals surface area contributed by atoms with Gasteiger partial charge in [-0.25, -0.2) is 9.78 Å². The highest BCUT2D eigenvalue weighted by Crippen LogP contribution is 2.29. The number of hydrogen-bond acceptors (Lipinski definition) is 5.